The van der Waals surface area contributed by atoms with Gasteiger partial charge in [-0.3, -0.25) is 0 Å². The molecular formula is C18H14BrClO4. The van der Waals surface area contributed by atoms with E-state index in [2.05, 4.69) is 15.9 Å². The molecular weight excluding hydrogens is 396 g/mol. The average Bonchev–Trinajstić information content (AvgIpc) is 2.89. The molecule has 0 bridgehead atoms. The van der Waals surface area contributed by atoms with E-state index in [1.165, 1.54) is 0 Å². The molecule has 0 atom stereocenters. The predicted octanol–water partition coefficient (Wildman–Crippen LogP) is 5.39. The number of halogens is 2. The van der Waals surface area contributed by atoms with Crippen molar-refractivity contribution in [1.29, 1.82) is 0 Å². The average molecular weight is 410 g/mol. The maximum absolute atomic E-state index is 12.2. The molecule has 0 N–H and O–H groups in total. The largest absolute Gasteiger partial charge is 0.488 e. The van der Waals surface area contributed by atoms with Crippen LogP contribution in [0.3, 0.4) is 0 Å². The summed E-state index contributed by atoms with van der Waals surface area (Å²) in [5, 5.41) is 1.39. The second kappa shape index (κ2) is 7.28. The topological polar surface area (TPSA) is 48.7 Å². The van der Waals surface area contributed by atoms with Crippen LogP contribution < -0.4 is 4.74 Å². The molecule has 0 aliphatic heterocycles. The first-order valence-electron chi connectivity index (χ1n) is 7.29. The number of benzene rings is 2. The molecule has 0 radical (unpaired) electrons. The van der Waals surface area contributed by atoms with E-state index in [0.717, 1.165) is 15.4 Å². The Morgan fingerprint density at radius 3 is 2.79 bits per heavy atom. The highest BCUT2D eigenvalue weighted by Gasteiger charge is 2.19. The van der Waals surface area contributed by atoms with Gasteiger partial charge in [0.05, 0.1) is 5.02 Å². The first-order valence-corrected chi connectivity index (χ1v) is 8.46. The Kier molecular flexibility index (Phi) is 5.11. The number of rotatable bonds is 5. The summed E-state index contributed by atoms with van der Waals surface area (Å²) in [6.07, 6.45) is 0. The van der Waals surface area contributed by atoms with Gasteiger partial charge in [0.2, 0.25) is 5.76 Å². The van der Waals surface area contributed by atoms with Crippen molar-refractivity contribution in [3.63, 3.8) is 0 Å². The highest BCUT2D eigenvalue weighted by Crippen LogP contribution is 2.28. The van der Waals surface area contributed by atoms with Crippen molar-refractivity contribution in [1.82, 2.24) is 0 Å². The van der Waals surface area contributed by atoms with Gasteiger partial charge in [-0.1, -0.05) is 39.7 Å². The van der Waals surface area contributed by atoms with Gasteiger partial charge in [0, 0.05) is 15.4 Å². The lowest BCUT2D eigenvalue weighted by atomic mass is 10.1. The molecule has 0 amide bonds. The number of hydrogen-bond acceptors (Lipinski definition) is 4. The summed E-state index contributed by atoms with van der Waals surface area (Å²) in [6.45, 7) is 2.14. The summed E-state index contributed by atoms with van der Waals surface area (Å²) >= 11 is 9.40. The Morgan fingerprint density at radius 1 is 1.21 bits per heavy atom. The monoisotopic (exact) mass is 408 g/mol. The van der Waals surface area contributed by atoms with E-state index in [0.29, 0.717) is 16.4 Å². The number of hydrogen-bond donors (Lipinski definition) is 0. The zero-order chi connectivity index (χ0) is 17.1. The van der Waals surface area contributed by atoms with Crippen molar-refractivity contribution in [3.05, 3.63) is 63.3 Å². The highest BCUT2D eigenvalue weighted by molar-refractivity contribution is 9.10. The van der Waals surface area contributed by atoms with E-state index < -0.39 is 5.97 Å². The van der Waals surface area contributed by atoms with Crippen LogP contribution in [-0.2, 0) is 4.74 Å². The first kappa shape index (κ1) is 16.9. The van der Waals surface area contributed by atoms with E-state index in [4.69, 9.17) is 25.5 Å². The van der Waals surface area contributed by atoms with Gasteiger partial charge < -0.3 is 13.9 Å². The maximum atomic E-state index is 12.2. The highest BCUT2D eigenvalue weighted by atomic mass is 79.9. The molecule has 124 valence electrons. The number of fused-ring (bicyclic) bond motifs is 1. The molecule has 0 fully saturated rings. The van der Waals surface area contributed by atoms with Gasteiger partial charge in [-0.25, -0.2) is 4.79 Å². The summed E-state index contributed by atoms with van der Waals surface area (Å²) in [7, 11) is 0. The van der Waals surface area contributed by atoms with Crippen molar-refractivity contribution in [2.24, 2.45) is 0 Å². The lowest BCUT2D eigenvalue weighted by Gasteiger charge is -2.08. The van der Waals surface area contributed by atoms with Crippen molar-refractivity contribution >= 4 is 44.5 Å². The van der Waals surface area contributed by atoms with Gasteiger partial charge in [0.25, 0.3) is 0 Å². The lowest BCUT2D eigenvalue weighted by molar-refractivity contribution is 0.0416. The zero-order valence-corrected chi connectivity index (χ0v) is 15.2. The minimum atomic E-state index is -0.511. The van der Waals surface area contributed by atoms with Gasteiger partial charge >= 0.3 is 5.97 Å². The zero-order valence-electron chi connectivity index (χ0n) is 12.8. The third-order valence-corrected chi connectivity index (χ3v) is 4.30. The third kappa shape index (κ3) is 3.57. The summed E-state index contributed by atoms with van der Waals surface area (Å²) in [5.74, 6) is 0.253. The summed E-state index contributed by atoms with van der Waals surface area (Å²) in [6, 6.07) is 12.7. The van der Waals surface area contributed by atoms with Gasteiger partial charge in [0.1, 0.15) is 24.5 Å². The van der Waals surface area contributed by atoms with E-state index in [-0.39, 0.29) is 19.0 Å². The minimum absolute atomic E-state index is 0.101. The van der Waals surface area contributed by atoms with Gasteiger partial charge in [0.15, 0.2) is 0 Å². The first-order chi connectivity index (χ1) is 11.6. The summed E-state index contributed by atoms with van der Waals surface area (Å²) in [4.78, 5) is 12.2. The fourth-order valence-electron chi connectivity index (χ4n) is 2.30. The van der Waals surface area contributed by atoms with E-state index in [1.807, 2.05) is 37.3 Å². The standard InChI is InChI=1S/C18H14BrClO4/c1-11-13-10-12(19)6-7-15(13)24-17(11)18(21)23-9-8-22-16-5-3-2-4-14(16)20/h2-7,10H,8-9H2,1H3. The number of furan rings is 1. The molecule has 3 aromatic rings. The number of esters is 1. The second-order valence-corrected chi connectivity index (χ2v) is 6.43. The quantitative estimate of drug-likeness (QED) is 0.418. The van der Waals surface area contributed by atoms with Crippen LogP contribution in [0.4, 0.5) is 0 Å². The minimum Gasteiger partial charge on any atom is -0.488 e. The van der Waals surface area contributed by atoms with Crippen LogP contribution >= 0.6 is 27.5 Å². The van der Waals surface area contributed by atoms with Crippen LogP contribution in [0.5, 0.6) is 5.75 Å². The van der Waals surface area contributed by atoms with Gasteiger partial charge in [-0.2, -0.15) is 0 Å². The SMILES string of the molecule is Cc1c(C(=O)OCCOc2ccccc2Cl)oc2ccc(Br)cc12. The smallest absolute Gasteiger partial charge is 0.374 e. The molecule has 0 spiro atoms. The summed E-state index contributed by atoms with van der Waals surface area (Å²) in [5.41, 5.74) is 1.40. The number of carbonyl (C=O) groups is 1. The maximum Gasteiger partial charge on any atom is 0.374 e. The molecule has 1 heterocycles. The molecule has 0 saturated carbocycles. The molecule has 3 rings (SSSR count). The second-order valence-electron chi connectivity index (χ2n) is 5.11. The normalized spacial score (nSPS) is 10.8. The molecule has 0 aliphatic carbocycles. The van der Waals surface area contributed by atoms with Crippen molar-refractivity contribution in [2.45, 2.75) is 6.92 Å². The fraction of sp³-hybridized carbons (Fsp3) is 0.167. The van der Waals surface area contributed by atoms with Crippen molar-refractivity contribution < 1.29 is 18.7 Å². The molecule has 6 heteroatoms. The molecule has 0 unspecified atom stereocenters. The van der Waals surface area contributed by atoms with Crippen LogP contribution in [0, 0.1) is 6.92 Å². The third-order valence-electron chi connectivity index (χ3n) is 3.49. The Hall–Kier alpha value is -1.98. The van der Waals surface area contributed by atoms with E-state index in [1.54, 1.807) is 12.1 Å². The molecule has 24 heavy (non-hydrogen) atoms. The predicted molar refractivity (Wildman–Crippen MR) is 95.9 cm³/mol. The Bertz CT molecular complexity index is 888. The van der Waals surface area contributed by atoms with Crippen molar-refractivity contribution in [2.75, 3.05) is 13.2 Å². The molecule has 4 nitrogen and oxygen atoms in total. The fourth-order valence-corrected chi connectivity index (χ4v) is 2.85. The van der Waals surface area contributed by atoms with Crippen LogP contribution in [0.15, 0.2) is 51.4 Å². The molecule has 2 aromatic carbocycles. The van der Waals surface area contributed by atoms with E-state index >= 15 is 0 Å². The Balaban J connectivity index is 1.61. The van der Waals surface area contributed by atoms with Crippen molar-refractivity contribution in [3.8, 4) is 5.75 Å². The molecule has 1 aromatic heterocycles. The van der Waals surface area contributed by atoms with Gasteiger partial charge in [-0.15, -0.1) is 0 Å². The number of carbonyl (C=O) groups excluding carboxylic acids is 1. The van der Waals surface area contributed by atoms with E-state index in [9.17, 15) is 4.79 Å². The van der Waals surface area contributed by atoms with Crippen LogP contribution in [0.2, 0.25) is 5.02 Å². The number of aryl methyl sites for hydroxylation is 1. The van der Waals surface area contributed by atoms with Crippen LogP contribution in [0.25, 0.3) is 11.0 Å². The molecule has 0 saturated heterocycles. The molecule has 0 aliphatic rings. The van der Waals surface area contributed by atoms with Crippen LogP contribution in [-0.4, -0.2) is 19.2 Å². The van der Waals surface area contributed by atoms with Gasteiger partial charge in [-0.05, 0) is 37.3 Å². The number of para-hydroxylation sites is 1. The number of ether oxygens (including phenoxy) is 2. The lowest BCUT2D eigenvalue weighted by Crippen LogP contribution is -2.12. The Labute approximate surface area is 152 Å². The van der Waals surface area contributed by atoms with Crippen LogP contribution in [0.1, 0.15) is 16.1 Å². The summed E-state index contributed by atoms with van der Waals surface area (Å²) < 4.78 is 17.2. The Morgan fingerprint density at radius 2 is 2.00 bits per heavy atom.